The maximum Gasteiger partial charge on any atom is 0.164 e. The molecule has 1 aromatic heterocycles. The van der Waals surface area contributed by atoms with Gasteiger partial charge in [-0.2, -0.15) is 0 Å². The van der Waals surface area contributed by atoms with Crippen molar-refractivity contribution in [2.24, 2.45) is 0 Å². The lowest BCUT2D eigenvalue weighted by Crippen LogP contribution is -2.01. The van der Waals surface area contributed by atoms with E-state index < -0.39 is 0 Å². The van der Waals surface area contributed by atoms with Crippen molar-refractivity contribution < 1.29 is 4.74 Å². The molecular weight excluding hydrogens is 599 g/mol. The van der Waals surface area contributed by atoms with E-state index in [1.807, 2.05) is 42.5 Å². The third kappa shape index (κ3) is 4.57. The fraction of sp³-hybridized carbons (Fsp3) is 0. The van der Waals surface area contributed by atoms with Gasteiger partial charge in [-0.05, 0) is 67.9 Å². The second-order valence-electron chi connectivity index (χ2n) is 12.4. The monoisotopic (exact) mass is 625 g/mol. The molecule has 0 N–H and O–H groups in total. The zero-order chi connectivity index (χ0) is 32.3. The van der Waals surface area contributed by atoms with Gasteiger partial charge in [0, 0.05) is 27.6 Å². The van der Waals surface area contributed by atoms with Gasteiger partial charge >= 0.3 is 0 Å². The lowest BCUT2D eigenvalue weighted by molar-refractivity contribution is 0.487. The molecule has 0 spiro atoms. The molecule has 0 radical (unpaired) electrons. The molecule has 0 fully saturated rings. The van der Waals surface area contributed by atoms with Crippen LogP contribution in [0.2, 0.25) is 0 Å². The Hall–Kier alpha value is -6.65. The van der Waals surface area contributed by atoms with Crippen LogP contribution in [0.3, 0.4) is 0 Å². The summed E-state index contributed by atoms with van der Waals surface area (Å²) in [6.45, 7) is 0. The number of aromatic nitrogens is 3. The van der Waals surface area contributed by atoms with E-state index in [1.54, 1.807) is 0 Å². The van der Waals surface area contributed by atoms with Crippen molar-refractivity contribution >= 4 is 32.3 Å². The summed E-state index contributed by atoms with van der Waals surface area (Å²) < 4.78 is 6.45. The molecule has 1 aliphatic heterocycles. The van der Waals surface area contributed by atoms with E-state index in [4.69, 9.17) is 19.7 Å². The van der Waals surface area contributed by atoms with Crippen LogP contribution < -0.4 is 4.74 Å². The van der Waals surface area contributed by atoms with Crippen molar-refractivity contribution in [1.29, 1.82) is 0 Å². The van der Waals surface area contributed by atoms with Crippen molar-refractivity contribution in [2.75, 3.05) is 0 Å². The van der Waals surface area contributed by atoms with Gasteiger partial charge in [-0.1, -0.05) is 140 Å². The van der Waals surface area contributed by atoms with Gasteiger partial charge in [0.05, 0.1) is 0 Å². The van der Waals surface area contributed by atoms with Gasteiger partial charge in [-0.15, -0.1) is 0 Å². The van der Waals surface area contributed by atoms with Gasteiger partial charge < -0.3 is 4.74 Å². The van der Waals surface area contributed by atoms with Gasteiger partial charge in [-0.3, -0.25) is 0 Å². The first kappa shape index (κ1) is 27.5. The fourth-order valence-corrected chi connectivity index (χ4v) is 7.14. The minimum absolute atomic E-state index is 0.631. The van der Waals surface area contributed by atoms with E-state index >= 15 is 0 Å². The first-order valence-corrected chi connectivity index (χ1v) is 16.4. The summed E-state index contributed by atoms with van der Waals surface area (Å²) in [6, 6.07) is 56.9. The lowest BCUT2D eigenvalue weighted by Gasteiger charge is -2.22. The molecule has 10 rings (SSSR count). The van der Waals surface area contributed by atoms with E-state index in [2.05, 4.69) is 121 Å². The molecule has 0 aliphatic carbocycles. The van der Waals surface area contributed by atoms with Crippen molar-refractivity contribution in [3.63, 3.8) is 0 Å². The molecule has 0 saturated carbocycles. The number of hydrogen-bond acceptors (Lipinski definition) is 4. The van der Waals surface area contributed by atoms with E-state index in [0.717, 1.165) is 61.0 Å². The highest BCUT2D eigenvalue weighted by atomic mass is 16.5. The summed E-state index contributed by atoms with van der Waals surface area (Å²) in [7, 11) is 0. The summed E-state index contributed by atoms with van der Waals surface area (Å²) in [4.78, 5) is 15.2. The van der Waals surface area contributed by atoms with E-state index in [1.165, 1.54) is 21.7 Å². The Kier molecular flexibility index (Phi) is 6.15. The Bertz CT molecular complexity index is 2730. The Balaban J connectivity index is 1.08. The van der Waals surface area contributed by atoms with E-state index in [0.29, 0.717) is 17.5 Å². The van der Waals surface area contributed by atoms with Crippen molar-refractivity contribution in [3.8, 4) is 67.9 Å². The summed E-state index contributed by atoms with van der Waals surface area (Å²) in [6.07, 6.45) is 0. The molecule has 0 atom stereocenters. The minimum atomic E-state index is 0.631. The molecule has 0 saturated heterocycles. The highest BCUT2D eigenvalue weighted by Crippen LogP contribution is 2.47. The Morgan fingerprint density at radius 3 is 1.76 bits per heavy atom. The average Bonchev–Trinajstić information content (AvgIpc) is 3.18. The molecule has 0 amide bonds. The SMILES string of the molecule is c1ccc(-c2nc(-c3ccc(-c4ccc5c(c4)Oc4cccc6cccc-5c46)cc3)nc(-c3cc4ccccc4c4ccccc34)n2)cc1. The molecule has 8 aromatic carbocycles. The predicted molar refractivity (Wildman–Crippen MR) is 200 cm³/mol. The molecule has 228 valence electrons. The number of rotatable bonds is 4. The summed E-state index contributed by atoms with van der Waals surface area (Å²) in [5.74, 6) is 3.68. The van der Waals surface area contributed by atoms with Gasteiger partial charge in [-0.25, -0.2) is 15.0 Å². The summed E-state index contributed by atoms with van der Waals surface area (Å²) >= 11 is 0. The standard InChI is InChI=1S/C45H27N3O/c1-2-10-30(11-3-1)43-46-44(48-45(47-43)39-26-33-12-4-5-15-34(33)35-16-6-7-17-36(35)39)31-22-20-28(21-23-31)32-24-25-37-38-18-8-13-29-14-9-19-40(42(29)38)49-41(37)27-32/h1-27H. The number of fused-ring (bicyclic) bond motifs is 5. The molecule has 4 nitrogen and oxygen atoms in total. The zero-order valence-corrected chi connectivity index (χ0v) is 26.3. The first-order chi connectivity index (χ1) is 24.3. The van der Waals surface area contributed by atoms with E-state index in [9.17, 15) is 0 Å². The Morgan fingerprint density at radius 2 is 0.939 bits per heavy atom. The highest BCUT2D eigenvalue weighted by Gasteiger charge is 2.21. The molecule has 0 bridgehead atoms. The van der Waals surface area contributed by atoms with Crippen LogP contribution in [0.5, 0.6) is 11.5 Å². The Labute approximate surface area is 283 Å². The highest BCUT2D eigenvalue weighted by molar-refractivity contribution is 6.13. The van der Waals surface area contributed by atoms with Gasteiger partial charge in [0.2, 0.25) is 0 Å². The molecule has 9 aromatic rings. The number of ether oxygens (including phenoxy) is 1. The van der Waals surface area contributed by atoms with E-state index in [-0.39, 0.29) is 0 Å². The third-order valence-electron chi connectivity index (χ3n) is 9.51. The average molecular weight is 626 g/mol. The van der Waals surface area contributed by atoms with Crippen LogP contribution in [-0.2, 0) is 0 Å². The van der Waals surface area contributed by atoms with Crippen molar-refractivity contribution in [3.05, 3.63) is 164 Å². The minimum Gasteiger partial charge on any atom is -0.456 e. The topological polar surface area (TPSA) is 47.9 Å². The van der Waals surface area contributed by atoms with Crippen LogP contribution in [0.25, 0.3) is 88.7 Å². The maximum atomic E-state index is 6.45. The summed E-state index contributed by atoms with van der Waals surface area (Å²) in [5.41, 5.74) is 7.33. The van der Waals surface area contributed by atoms with Crippen LogP contribution in [0, 0.1) is 0 Å². The summed E-state index contributed by atoms with van der Waals surface area (Å²) in [5, 5.41) is 7.00. The zero-order valence-electron chi connectivity index (χ0n) is 26.3. The first-order valence-electron chi connectivity index (χ1n) is 16.4. The molecule has 49 heavy (non-hydrogen) atoms. The van der Waals surface area contributed by atoms with Gasteiger partial charge in [0.15, 0.2) is 17.5 Å². The molecule has 1 aliphatic rings. The van der Waals surface area contributed by atoms with Crippen molar-refractivity contribution in [1.82, 2.24) is 15.0 Å². The quantitative estimate of drug-likeness (QED) is 0.183. The second kappa shape index (κ2) is 11.0. The van der Waals surface area contributed by atoms with Crippen LogP contribution in [-0.4, -0.2) is 15.0 Å². The fourth-order valence-electron chi connectivity index (χ4n) is 7.14. The van der Waals surface area contributed by atoms with Crippen LogP contribution in [0.15, 0.2) is 164 Å². The Morgan fingerprint density at radius 1 is 0.327 bits per heavy atom. The second-order valence-corrected chi connectivity index (χ2v) is 12.4. The number of benzene rings is 8. The van der Waals surface area contributed by atoms with Crippen LogP contribution >= 0.6 is 0 Å². The normalized spacial score (nSPS) is 11.8. The molecule has 0 unspecified atom stereocenters. The molecule has 4 heteroatoms. The van der Waals surface area contributed by atoms with Gasteiger partial charge in [0.1, 0.15) is 11.5 Å². The largest absolute Gasteiger partial charge is 0.456 e. The molecule has 2 heterocycles. The maximum absolute atomic E-state index is 6.45. The smallest absolute Gasteiger partial charge is 0.164 e. The van der Waals surface area contributed by atoms with Gasteiger partial charge in [0.25, 0.3) is 0 Å². The van der Waals surface area contributed by atoms with Crippen molar-refractivity contribution in [2.45, 2.75) is 0 Å². The van der Waals surface area contributed by atoms with Crippen LogP contribution in [0.1, 0.15) is 0 Å². The third-order valence-corrected chi connectivity index (χ3v) is 9.51. The molecular formula is C45H27N3O. The predicted octanol–water partition coefficient (Wildman–Crippen LogP) is 11.8. The number of nitrogens with zero attached hydrogens (tertiary/aromatic N) is 3. The van der Waals surface area contributed by atoms with Crippen LogP contribution in [0.4, 0.5) is 0 Å². The lowest BCUT2D eigenvalue weighted by atomic mass is 9.93. The number of hydrogen-bond donors (Lipinski definition) is 0.